The number of benzene rings is 2. The molecule has 8 nitrogen and oxygen atoms in total. The molecule has 29 heavy (non-hydrogen) atoms. The van der Waals surface area contributed by atoms with Crippen LogP contribution in [0.3, 0.4) is 0 Å². The highest BCUT2D eigenvalue weighted by Gasteiger charge is 2.18. The molecule has 0 unspecified atom stereocenters. The molecule has 0 spiro atoms. The summed E-state index contributed by atoms with van der Waals surface area (Å²) < 4.78 is 19.4. The number of aryl methyl sites for hydroxylation is 1. The minimum absolute atomic E-state index is 0.0140. The molecule has 10 heteroatoms. The number of phenols is 1. The zero-order valence-electron chi connectivity index (χ0n) is 15.3. The summed E-state index contributed by atoms with van der Waals surface area (Å²) in [5, 5.41) is 22.6. The Bertz CT molecular complexity index is 1110. The van der Waals surface area contributed by atoms with Gasteiger partial charge in [0.05, 0.1) is 5.69 Å². The molecule has 0 fully saturated rings. The van der Waals surface area contributed by atoms with Crippen molar-refractivity contribution in [3.8, 4) is 17.1 Å². The van der Waals surface area contributed by atoms with Crippen LogP contribution in [-0.4, -0.2) is 43.5 Å². The van der Waals surface area contributed by atoms with Crippen LogP contribution in [0.15, 0.2) is 57.0 Å². The van der Waals surface area contributed by atoms with Crippen molar-refractivity contribution in [1.29, 1.82) is 0 Å². The molecular weight excluding hydrogens is 399 g/mol. The van der Waals surface area contributed by atoms with Gasteiger partial charge in [0.25, 0.3) is 0 Å². The molecule has 0 aliphatic rings. The van der Waals surface area contributed by atoms with Crippen LogP contribution in [0.4, 0.5) is 14.9 Å². The van der Waals surface area contributed by atoms with Gasteiger partial charge >= 0.3 is 6.09 Å². The fourth-order valence-corrected chi connectivity index (χ4v) is 2.95. The summed E-state index contributed by atoms with van der Waals surface area (Å²) in [5.74, 6) is -0.0203. The third-order valence-corrected chi connectivity index (χ3v) is 4.36. The van der Waals surface area contributed by atoms with E-state index >= 15 is 0 Å². The van der Waals surface area contributed by atoms with Crippen LogP contribution in [0.25, 0.3) is 11.4 Å². The second-order valence-electron chi connectivity index (χ2n) is 5.71. The minimum atomic E-state index is -1.44. The second-order valence-corrected chi connectivity index (χ2v) is 6.51. The highest BCUT2D eigenvalue weighted by molar-refractivity contribution is 8.15. The van der Waals surface area contributed by atoms with Gasteiger partial charge in [-0.05, 0) is 48.7 Å². The number of amides is 1. The summed E-state index contributed by atoms with van der Waals surface area (Å²) in [7, 11) is 0. The van der Waals surface area contributed by atoms with Crippen LogP contribution in [0.1, 0.15) is 11.5 Å². The topological polar surface area (TPSA) is 121 Å². The Labute approximate surface area is 168 Å². The van der Waals surface area contributed by atoms with Gasteiger partial charge in [0.2, 0.25) is 11.7 Å². The predicted octanol–water partition coefficient (Wildman–Crippen LogP) is 4.45. The normalized spacial score (nSPS) is 12.2. The van der Waals surface area contributed by atoms with Gasteiger partial charge in [-0.2, -0.15) is 9.98 Å². The Kier molecular flexibility index (Phi) is 6.03. The van der Waals surface area contributed by atoms with Gasteiger partial charge in [-0.3, -0.25) is 0 Å². The average molecular weight is 414 g/mol. The lowest BCUT2D eigenvalue weighted by Crippen LogP contribution is -2.15. The molecule has 0 radical (unpaired) electrons. The molecule has 3 rings (SSSR count). The fourth-order valence-electron chi connectivity index (χ4n) is 2.43. The molecule has 148 valence electrons. The van der Waals surface area contributed by atoms with Crippen LogP contribution < -0.4 is 0 Å². The van der Waals surface area contributed by atoms with E-state index in [0.29, 0.717) is 23.0 Å². The first-order valence-corrected chi connectivity index (χ1v) is 9.44. The molecule has 0 atom stereocenters. The molecule has 2 N–H and O–H groups in total. The van der Waals surface area contributed by atoms with Crippen molar-refractivity contribution >= 4 is 34.3 Å². The molecule has 3 aromatic rings. The fraction of sp³-hybridized carbons (Fsp3) is 0.105. The largest absolute Gasteiger partial charge is 0.508 e. The number of aliphatic imine (C=N–C) groups is 2. The molecular formula is C19H15FN4O4S. The van der Waals surface area contributed by atoms with E-state index in [4.69, 9.17) is 9.63 Å². The van der Waals surface area contributed by atoms with Crippen LogP contribution in [-0.2, 0) is 0 Å². The summed E-state index contributed by atoms with van der Waals surface area (Å²) in [6, 6.07) is 10.1. The zero-order valence-corrected chi connectivity index (χ0v) is 16.1. The Morgan fingerprint density at radius 1 is 1.21 bits per heavy atom. The maximum Gasteiger partial charge on any atom is 0.432 e. The van der Waals surface area contributed by atoms with E-state index in [1.165, 1.54) is 6.07 Å². The van der Waals surface area contributed by atoms with Crippen molar-refractivity contribution in [2.24, 2.45) is 9.98 Å². The van der Waals surface area contributed by atoms with Crippen molar-refractivity contribution in [1.82, 2.24) is 10.1 Å². The summed E-state index contributed by atoms with van der Waals surface area (Å²) >= 11 is 0.995. The molecule has 0 aliphatic heterocycles. The number of rotatable bonds is 4. The maximum atomic E-state index is 14.4. The van der Waals surface area contributed by atoms with Crippen LogP contribution in [0, 0.1) is 12.7 Å². The van der Waals surface area contributed by atoms with Crippen LogP contribution >= 0.6 is 11.8 Å². The molecule has 1 aromatic heterocycles. The monoisotopic (exact) mass is 414 g/mol. The first kappa shape index (κ1) is 20.2. The Morgan fingerprint density at radius 2 is 1.93 bits per heavy atom. The Balaban J connectivity index is 2.09. The second kappa shape index (κ2) is 8.65. The number of aromatic nitrogens is 2. The quantitative estimate of drug-likeness (QED) is 0.478. The van der Waals surface area contributed by atoms with Gasteiger partial charge in [-0.1, -0.05) is 5.16 Å². The summed E-state index contributed by atoms with van der Waals surface area (Å²) in [4.78, 5) is 23.1. The van der Waals surface area contributed by atoms with Gasteiger partial charge in [-0.25, -0.2) is 14.2 Å². The van der Waals surface area contributed by atoms with Gasteiger partial charge in [0, 0.05) is 18.1 Å². The van der Waals surface area contributed by atoms with Crippen molar-refractivity contribution in [2.75, 3.05) is 6.26 Å². The lowest BCUT2D eigenvalue weighted by molar-refractivity contribution is 0.206. The molecule has 2 aromatic carbocycles. The van der Waals surface area contributed by atoms with E-state index in [0.717, 1.165) is 23.9 Å². The van der Waals surface area contributed by atoms with E-state index in [2.05, 4.69) is 20.1 Å². The van der Waals surface area contributed by atoms with Crippen LogP contribution in [0.2, 0.25) is 0 Å². The van der Waals surface area contributed by atoms with Gasteiger partial charge in [-0.15, -0.1) is 11.8 Å². The molecule has 0 saturated carbocycles. The van der Waals surface area contributed by atoms with E-state index in [-0.39, 0.29) is 22.1 Å². The molecule has 0 aliphatic carbocycles. The molecule has 0 saturated heterocycles. The third kappa shape index (κ3) is 4.85. The highest BCUT2D eigenvalue weighted by atomic mass is 32.2. The zero-order chi connectivity index (χ0) is 21.0. The van der Waals surface area contributed by atoms with Crippen molar-refractivity contribution in [3.63, 3.8) is 0 Å². The Morgan fingerprint density at radius 3 is 2.52 bits per heavy atom. The number of phenolic OH excluding ortho intramolecular Hbond substituents is 1. The van der Waals surface area contributed by atoms with Crippen molar-refractivity contribution in [2.45, 2.75) is 6.92 Å². The van der Waals surface area contributed by atoms with Gasteiger partial charge in [0.1, 0.15) is 22.3 Å². The lowest BCUT2D eigenvalue weighted by Gasteiger charge is -2.10. The summed E-state index contributed by atoms with van der Waals surface area (Å²) in [6.07, 6.45) is 0.157. The number of hydrogen-bond acceptors (Lipinski definition) is 7. The maximum absolute atomic E-state index is 14.4. The van der Waals surface area contributed by atoms with E-state index in [1.807, 2.05) is 0 Å². The predicted molar refractivity (Wildman–Crippen MR) is 108 cm³/mol. The molecule has 1 amide bonds. The van der Waals surface area contributed by atoms with Crippen LogP contribution in [0.5, 0.6) is 5.75 Å². The average Bonchev–Trinajstić information content (AvgIpc) is 3.13. The molecule has 0 bridgehead atoms. The summed E-state index contributed by atoms with van der Waals surface area (Å²) in [5.41, 5.74) is 1.02. The smallest absolute Gasteiger partial charge is 0.432 e. The number of halogens is 1. The number of nitrogens with zero attached hydrogens (tertiary/aromatic N) is 4. The van der Waals surface area contributed by atoms with Gasteiger partial charge < -0.3 is 14.7 Å². The SMILES string of the molecule is CSC(=NC(=O)O)C(=Nc1ccc(-c2noc(C)n2)cc1)c1cc(O)ccc1F. The number of aromatic hydroxyl groups is 1. The number of hydrogen-bond donors (Lipinski definition) is 2. The van der Waals surface area contributed by atoms with Gasteiger partial charge in [0.15, 0.2) is 0 Å². The summed E-state index contributed by atoms with van der Waals surface area (Å²) in [6.45, 7) is 1.68. The number of thioether (sulfide) groups is 1. The van der Waals surface area contributed by atoms with Crippen molar-refractivity contribution in [3.05, 3.63) is 59.7 Å². The van der Waals surface area contributed by atoms with E-state index in [1.54, 1.807) is 37.4 Å². The van der Waals surface area contributed by atoms with E-state index < -0.39 is 11.9 Å². The first-order chi connectivity index (χ1) is 13.9. The highest BCUT2D eigenvalue weighted by Crippen LogP contribution is 2.25. The standard InChI is InChI=1S/C19H15FN4O4S/c1-10-21-17(24-28-10)11-3-5-12(6-4-11)22-16(18(29-2)23-19(26)27)14-9-13(25)7-8-15(14)20/h3-9,25H,1-2H3,(H,26,27). The minimum Gasteiger partial charge on any atom is -0.508 e. The lowest BCUT2D eigenvalue weighted by atomic mass is 10.1. The molecule has 1 heterocycles. The van der Waals surface area contributed by atoms with Crippen molar-refractivity contribution < 1.29 is 23.9 Å². The Hall–Kier alpha value is -3.53. The number of carbonyl (C=O) groups is 1. The number of carboxylic acid groups (broad SMARTS) is 1. The first-order valence-electron chi connectivity index (χ1n) is 8.21. The third-order valence-electron chi connectivity index (χ3n) is 3.69. The van der Waals surface area contributed by atoms with E-state index in [9.17, 15) is 14.3 Å².